The van der Waals surface area contributed by atoms with E-state index in [0.29, 0.717) is 18.5 Å². The van der Waals surface area contributed by atoms with Gasteiger partial charge in [-0.3, -0.25) is 24.5 Å². The van der Waals surface area contributed by atoms with E-state index >= 15 is 0 Å². The van der Waals surface area contributed by atoms with Gasteiger partial charge in [0.15, 0.2) is 0 Å². The van der Waals surface area contributed by atoms with Gasteiger partial charge in [0.2, 0.25) is 11.8 Å². The summed E-state index contributed by atoms with van der Waals surface area (Å²) in [6, 6.07) is 4.79. The Balaban J connectivity index is 2.06. The average molecular weight is 389 g/mol. The molecule has 28 heavy (non-hydrogen) atoms. The van der Waals surface area contributed by atoms with Crippen molar-refractivity contribution in [1.82, 2.24) is 10.2 Å². The van der Waals surface area contributed by atoms with Crippen molar-refractivity contribution in [2.75, 3.05) is 13.1 Å². The summed E-state index contributed by atoms with van der Waals surface area (Å²) in [6.07, 6.45) is 2.97. The van der Waals surface area contributed by atoms with Gasteiger partial charge in [-0.25, -0.2) is 0 Å². The second-order valence-corrected chi connectivity index (χ2v) is 6.43. The quantitative estimate of drug-likeness (QED) is 0.328. The van der Waals surface area contributed by atoms with Crippen molar-refractivity contribution >= 4 is 29.5 Å². The number of amides is 2. The van der Waals surface area contributed by atoms with Crippen molar-refractivity contribution in [2.45, 2.75) is 38.8 Å². The van der Waals surface area contributed by atoms with Crippen molar-refractivity contribution in [3.05, 3.63) is 46.0 Å². The van der Waals surface area contributed by atoms with Gasteiger partial charge < -0.3 is 15.0 Å². The van der Waals surface area contributed by atoms with E-state index in [9.17, 15) is 24.5 Å². The van der Waals surface area contributed by atoms with Gasteiger partial charge in [-0.2, -0.15) is 0 Å². The van der Waals surface area contributed by atoms with E-state index in [-0.39, 0.29) is 24.8 Å². The Labute approximate surface area is 162 Å². The number of nitrogens with zero attached hydrogens (tertiary/aromatic N) is 2. The molecule has 1 aliphatic rings. The van der Waals surface area contributed by atoms with Gasteiger partial charge in [0, 0.05) is 31.3 Å². The number of hydrogen-bond acceptors (Lipinski definition) is 6. The minimum absolute atomic E-state index is 0.0453. The molecule has 1 aliphatic heterocycles. The lowest BCUT2D eigenvalue weighted by atomic mass is 10.1. The smallest absolute Gasteiger partial charge is 0.308 e. The number of carbonyl (C=O) groups excluding carboxylic acids is 3. The van der Waals surface area contributed by atoms with Gasteiger partial charge in [0.25, 0.3) is 5.69 Å². The number of piperazine rings is 1. The van der Waals surface area contributed by atoms with Gasteiger partial charge in [-0.1, -0.05) is 6.92 Å². The molecule has 2 atom stereocenters. The molecule has 1 fully saturated rings. The number of rotatable bonds is 7. The summed E-state index contributed by atoms with van der Waals surface area (Å²) in [5.41, 5.74) is 0.559. The van der Waals surface area contributed by atoms with Gasteiger partial charge in [0.05, 0.1) is 17.4 Å². The van der Waals surface area contributed by atoms with Crippen LogP contribution in [0.25, 0.3) is 6.08 Å². The molecule has 2 unspecified atom stereocenters. The first kappa shape index (κ1) is 21.1. The third-order valence-corrected chi connectivity index (χ3v) is 4.40. The molecular formula is C19H23N3O6. The maximum absolute atomic E-state index is 12.6. The first-order chi connectivity index (χ1) is 13.3. The summed E-state index contributed by atoms with van der Waals surface area (Å²) in [7, 11) is 0. The Bertz CT molecular complexity index is 774. The highest BCUT2D eigenvalue weighted by molar-refractivity contribution is 5.97. The van der Waals surface area contributed by atoms with Crippen LogP contribution < -0.4 is 5.32 Å². The Morgan fingerprint density at radius 2 is 2.07 bits per heavy atom. The predicted octanol–water partition coefficient (Wildman–Crippen LogP) is 1.67. The molecule has 0 saturated carbocycles. The Kier molecular flexibility index (Phi) is 7.25. The minimum atomic E-state index is -0.931. The topological polar surface area (TPSA) is 119 Å². The molecule has 2 rings (SSSR count). The summed E-state index contributed by atoms with van der Waals surface area (Å²) < 4.78 is 5.21. The van der Waals surface area contributed by atoms with E-state index in [1.54, 1.807) is 6.92 Å². The molecule has 0 radical (unpaired) electrons. The predicted molar refractivity (Wildman–Crippen MR) is 101 cm³/mol. The zero-order valence-electron chi connectivity index (χ0n) is 15.8. The fraction of sp³-hybridized carbons (Fsp3) is 0.421. The number of carbonyl (C=O) groups is 3. The van der Waals surface area contributed by atoms with Crippen molar-refractivity contribution in [1.29, 1.82) is 0 Å². The number of nitro benzene ring substituents is 1. The Hall–Kier alpha value is -3.23. The molecule has 1 saturated heterocycles. The van der Waals surface area contributed by atoms with E-state index in [1.165, 1.54) is 41.3 Å². The highest BCUT2D eigenvalue weighted by Gasteiger charge is 2.34. The fourth-order valence-electron chi connectivity index (χ4n) is 2.67. The first-order valence-corrected chi connectivity index (χ1v) is 9.02. The van der Waals surface area contributed by atoms with Crippen LogP contribution in [-0.2, 0) is 19.1 Å². The largest absolute Gasteiger partial charge is 0.463 e. The molecule has 1 N–H and O–H groups in total. The average Bonchev–Trinajstić information content (AvgIpc) is 2.67. The zero-order valence-corrected chi connectivity index (χ0v) is 15.8. The molecule has 2 amide bonds. The Morgan fingerprint density at radius 3 is 2.68 bits per heavy atom. The van der Waals surface area contributed by atoms with Crippen molar-refractivity contribution in [2.24, 2.45) is 0 Å². The van der Waals surface area contributed by atoms with Crippen molar-refractivity contribution in [3.63, 3.8) is 0 Å². The van der Waals surface area contributed by atoms with E-state index in [2.05, 4.69) is 5.32 Å². The molecule has 0 bridgehead atoms. The van der Waals surface area contributed by atoms with Crippen LogP contribution in [0.5, 0.6) is 0 Å². The van der Waals surface area contributed by atoms with Crippen molar-refractivity contribution in [3.8, 4) is 0 Å². The minimum Gasteiger partial charge on any atom is -0.463 e. The number of nitrogens with one attached hydrogen (secondary N) is 1. The number of benzene rings is 1. The highest BCUT2D eigenvalue weighted by Crippen LogP contribution is 2.15. The van der Waals surface area contributed by atoms with Crippen LogP contribution >= 0.6 is 0 Å². The van der Waals surface area contributed by atoms with Crippen molar-refractivity contribution < 1.29 is 24.0 Å². The van der Waals surface area contributed by atoms with Crippen LogP contribution in [0.3, 0.4) is 0 Å². The molecular weight excluding hydrogens is 366 g/mol. The number of non-ortho nitro benzene ring substituents is 1. The van der Waals surface area contributed by atoms with Gasteiger partial charge in [0.1, 0.15) is 6.04 Å². The first-order valence-electron chi connectivity index (χ1n) is 9.02. The molecule has 9 nitrogen and oxygen atoms in total. The zero-order chi connectivity index (χ0) is 20.7. The number of esters is 1. The molecule has 0 spiro atoms. The van der Waals surface area contributed by atoms with E-state index < -0.39 is 28.7 Å². The standard InChI is InChI=1S/C19H23N3O6/c1-3-13(2)28-18(24)12-16-19(25)20-10-11-21(16)17(23)9-6-14-4-7-15(8-5-14)22(26)27/h4-9,13,16H,3,10-12H2,1-2H3,(H,20,25)/b9-6+. The van der Waals surface area contributed by atoms with Crippen LogP contribution in [0.4, 0.5) is 5.69 Å². The maximum Gasteiger partial charge on any atom is 0.308 e. The monoisotopic (exact) mass is 389 g/mol. The van der Waals surface area contributed by atoms with Gasteiger partial charge in [-0.15, -0.1) is 0 Å². The van der Waals surface area contributed by atoms with Gasteiger partial charge >= 0.3 is 5.97 Å². The number of ether oxygens (including phenoxy) is 1. The molecule has 1 aromatic carbocycles. The summed E-state index contributed by atoms with van der Waals surface area (Å²) in [5.74, 6) is -1.35. The molecule has 9 heteroatoms. The maximum atomic E-state index is 12.6. The summed E-state index contributed by atoms with van der Waals surface area (Å²) in [4.78, 5) is 48.3. The lowest BCUT2D eigenvalue weighted by Gasteiger charge is -2.34. The molecule has 0 aliphatic carbocycles. The lowest BCUT2D eigenvalue weighted by molar-refractivity contribution is -0.384. The summed E-state index contributed by atoms with van der Waals surface area (Å²) in [6.45, 7) is 4.21. The summed E-state index contributed by atoms with van der Waals surface area (Å²) >= 11 is 0. The lowest BCUT2D eigenvalue weighted by Crippen LogP contribution is -2.57. The van der Waals surface area contributed by atoms with Crippen LogP contribution in [-0.4, -0.2) is 52.8 Å². The normalized spacial score (nSPS) is 17.9. The second-order valence-electron chi connectivity index (χ2n) is 6.43. The number of nitro groups is 1. The summed E-state index contributed by atoms with van der Waals surface area (Å²) in [5, 5.41) is 13.3. The van der Waals surface area contributed by atoms with E-state index in [4.69, 9.17) is 4.74 Å². The third-order valence-electron chi connectivity index (χ3n) is 4.40. The molecule has 150 valence electrons. The van der Waals surface area contributed by atoms with E-state index in [0.717, 1.165) is 0 Å². The van der Waals surface area contributed by atoms with Gasteiger partial charge in [-0.05, 0) is 37.1 Å². The molecule has 1 aromatic rings. The SMILES string of the molecule is CCC(C)OC(=O)CC1C(=O)NCCN1C(=O)/C=C/c1ccc([N+](=O)[O-])cc1. The second kappa shape index (κ2) is 9.63. The third kappa shape index (κ3) is 5.63. The van der Waals surface area contributed by atoms with E-state index in [1.807, 2.05) is 6.92 Å². The van der Waals surface area contributed by atoms with Crippen LogP contribution in [0.2, 0.25) is 0 Å². The van der Waals surface area contributed by atoms with Crippen LogP contribution in [0.15, 0.2) is 30.3 Å². The molecule has 0 aromatic heterocycles. The number of hydrogen-bond donors (Lipinski definition) is 1. The fourth-order valence-corrected chi connectivity index (χ4v) is 2.67. The van der Waals surface area contributed by atoms with Crippen LogP contribution in [0, 0.1) is 10.1 Å². The Morgan fingerprint density at radius 1 is 1.39 bits per heavy atom. The molecule has 1 heterocycles. The highest BCUT2D eigenvalue weighted by atomic mass is 16.6. The van der Waals surface area contributed by atoms with Crippen LogP contribution in [0.1, 0.15) is 32.3 Å².